The standard InChI is InChI=1S/C6H12O5P.C4H10/c1-3-5-9-11-12(8)10-6(7)4-2;1-3-4-2/h3,6-7H,1,4-5H2,2H3;3-4H2,1-2H3/q+1;. The Balaban J connectivity index is 0. The molecule has 96 valence electrons. The molecule has 16 heavy (non-hydrogen) atoms. The Hall–Kier alpha value is -0.320. The predicted molar refractivity (Wildman–Crippen MR) is 62.8 cm³/mol. The minimum atomic E-state index is -2.41. The fraction of sp³-hybridized carbons (Fsp3) is 0.800. The van der Waals surface area contributed by atoms with Crippen molar-refractivity contribution in [2.24, 2.45) is 0 Å². The second-order valence-corrected chi connectivity index (χ2v) is 3.65. The van der Waals surface area contributed by atoms with Gasteiger partial charge >= 0.3 is 8.25 Å². The van der Waals surface area contributed by atoms with Crippen LogP contribution in [0.25, 0.3) is 0 Å². The van der Waals surface area contributed by atoms with Gasteiger partial charge in [-0.1, -0.05) is 44.2 Å². The molecule has 0 heterocycles. The van der Waals surface area contributed by atoms with Gasteiger partial charge in [0.05, 0.1) is 4.67 Å². The summed E-state index contributed by atoms with van der Waals surface area (Å²) in [5, 5.41) is 8.82. The first-order valence-electron chi connectivity index (χ1n) is 5.34. The van der Waals surface area contributed by atoms with Gasteiger partial charge in [0.2, 0.25) is 6.29 Å². The summed E-state index contributed by atoms with van der Waals surface area (Å²) in [7, 11) is -2.41. The van der Waals surface area contributed by atoms with Crippen LogP contribution < -0.4 is 0 Å². The molecule has 0 aromatic heterocycles. The highest BCUT2D eigenvalue weighted by atomic mass is 31.1. The summed E-state index contributed by atoms with van der Waals surface area (Å²) < 4.78 is 19.3. The first-order chi connectivity index (χ1) is 7.62. The zero-order chi connectivity index (χ0) is 12.8. The third-order valence-corrected chi connectivity index (χ3v) is 2.00. The first kappa shape index (κ1) is 18.1. The van der Waals surface area contributed by atoms with Gasteiger partial charge in [0.1, 0.15) is 6.61 Å². The second-order valence-electron chi connectivity index (χ2n) is 2.84. The summed E-state index contributed by atoms with van der Waals surface area (Å²) in [5.41, 5.74) is 0. The van der Waals surface area contributed by atoms with Gasteiger partial charge in [-0.05, 0) is 0 Å². The number of hydrogen-bond acceptors (Lipinski definition) is 5. The molecule has 0 aliphatic heterocycles. The van der Waals surface area contributed by atoms with Crippen molar-refractivity contribution in [3.63, 3.8) is 0 Å². The summed E-state index contributed by atoms with van der Waals surface area (Å²) in [6.45, 7) is 9.50. The van der Waals surface area contributed by atoms with E-state index in [-0.39, 0.29) is 6.61 Å². The molecule has 0 aromatic carbocycles. The van der Waals surface area contributed by atoms with E-state index in [1.165, 1.54) is 18.9 Å². The Kier molecular flexibility index (Phi) is 16.6. The van der Waals surface area contributed by atoms with Crippen LogP contribution in [0.4, 0.5) is 0 Å². The second kappa shape index (κ2) is 14.7. The van der Waals surface area contributed by atoms with Gasteiger partial charge in [0.15, 0.2) is 0 Å². The van der Waals surface area contributed by atoms with Crippen molar-refractivity contribution < 1.29 is 23.8 Å². The highest BCUT2D eigenvalue weighted by Crippen LogP contribution is 2.26. The molecule has 2 atom stereocenters. The number of aliphatic hydroxyl groups is 1. The lowest BCUT2D eigenvalue weighted by molar-refractivity contribution is -0.205. The van der Waals surface area contributed by atoms with Crippen LogP contribution in [0.5, 0.6) is 0 Å². The third-order valence-electron chi connectivity index (χ3n) is 1.36. The zero-order valence-electron chi connectivity index (χ0n) is 10.2. The molecule has 2 unspecified atom stereocenters. The van der Waals surface area contributed by atoms with Crippen LogP contribution in [0, 0.1) is 0 Å². The molecule has 1 N–H and O–H groups in total. The maximum atomic E-state index is 10.7. The minimum Gasteiger partial charge on any atom is -0.364 e. The molecule has 0 spiro atoms. The smallest absolute Gasteiger partial charge is 0.364 e. The van der Waals surface area contributed by atoms with Crippen LogP contribution in [-0.2, 0) is 18.7 Å². The Morgan fingerprint density at radius 3 is 2.31 bits per heavy atom. The monoisotopic (exact) mass is 253 g/mol. The van der Waals surface area contributed by atoms with Gasteiger partial charge in [0.25, 0.3) is 0 Å². The lowest BCUT2D eigenvalue weighted by Crippen LogP contribution is -2.05. The molecule has 0 fully saturated rings. The van der Waals surface area contributed by atoms with E-state index >= 15 is 0 Å². The summed E-state index contributed by atoms with van der Waals surface area (Å²) in [6, 6.07) is 0. The number of rotatable bonds is 8. The Morgan fingerprint density at radius 1 is 1.38 bits per heavy atom. The number of unbranched alkanes of at least 4 members (excludes halogenated alkanes) is 1. The van der Waals surface area contributed by atoms with E-state index in [0.717, 1.165) is 0 Å². The quantitative estimate of drug-likeness (QED) is 0.179. The van der Waals surface area contributed by atoms with Crippen molar-refractivity contribution in [1.82, 2.24) is 0 Å². The van der Waals surface area contributed by atoms with E-state index in [1.54, 1.807) is 6.92 Å². The molecule has 0 bridgehead atoms. The van der Waals surface area contributed by atoms with E-state index in [1.807, 2.05) is 0 Å². The fourth-order valence-electron chi connectivity index (χ4n) is 0.313. The SMILES string of the molecule is C=CCOO[P+](=O)OC(O)CC.CCCC. The predicted octanol–water partition coefficient (Wildman–Crippen LogP) is 3.33. The van der Waals surface area contributed by atoms with Gasteiger partial charge in [-0.2, -0.15) is 4.89 Å². The molecule has 0 aliphatic carbocycles. The highest BCUT2D eigenvalue weighted by Gasteiger charge is 2.26. The average Bonchev–Trinajstić information content (AvgIpc) is 2.29. The third kappa shape index (κ3) is 16.1. The molecular formula is C10H22O5P+. The Labute approximate surface area is 98.3 Å². The van der Waals surface area contributed by atoms with E-state index in [4.69, 9.17) is 5.11 Å². The molecule has 0 radical (unpaired) electrons. The van der Waals surface area contributed by atoms with Crippen LogP contribution in [0.1, 0.15) is 40.0 Å². The highest BCUT2D eigenvalue weighted by molar-refractivity contribution is 7.33. The summed E-state index contributed by atoms with van der Waals surface area (Å²) in [5.74, 6) is 0. The maximum Gasteiger partial charge on any atom is 0.731 e. The molecule has 0 rings (SSSR count). The van der Waals surface area contributed by atoms with Crippen molar-refractivity contribution in [2.45, 2.75) is 46.3 Å². The van der Waals surface area contributed by atoms with Crippen LogP contribution in [0.2, 0.25) is 0 Å². The first-order valence-corrected chi connectivity index (χ1v) is 6.44. The fourth-order valence-corrected chi connectivity index (χ4v) is 0.843. The molecule has 0 aromatic rings. The van der Waals surface area contributed by atoms with Crippen molar-refractivity contribution in [3.8, 4) is 0 Å². The van der Waals surface area contributed by atoms with Crippen LogP contribution >= 0.6 is 8.25 Å². The molecule has 0 saturated heterocycles. The summed E-state index contributed by atoms with van der Waals surface area (Å²) >= 11 is 0. The van der Waals surface area contributed by atoms with Crippen molar-refractivity contribution in [3.05, 3.63) is 12.7 Å². The van der Waals surface area contributed by atoms with Crippen LogP contribution in [0.15, 0.2) is 12.7 Å². The van der Waals surface area contributed by atoms with Crippen LogP contribution in [0.3, 0.4) is 0 Å². The van der Waals surface area contributed by atoms with Crippen molar-refractivity contribution >= 4 is 8.25 Å². The van der Waals surface area contributed by atoms with Gasteiger partial charge < -0.3 is 5.11 Å². The average molecular weight is 253 g/mol. The van der Waals surface area contributed by atoms with Gasteiger partial charge in [-0.25, -0.2) is 0 Å². The van der Waals surface area contributed by atoms with Gasteiger partial charge in [-0.3, -0.25) is 0 Å². The molecule has 5 nitrogen and oxygen atoms in total. The summed E-state index contributed by atoms with van der Waals surface area (Å²) in [4.78, 5) is 4.35. The van der Waals surface area contributed by atoms with E-state index in [9.17, 15) is 4.57 Å². The van der Waals surface area contributed by atoms with E-state index < -0.39 is 14.5 Å². The number of aliphatic hydroxyl groups excluding tert-OH is 1. The molecule has 6 heteroatoms. The topological polar surface area (TPSA) is 65.0 Å². The summed E-state index contributed by atoms with van der Waals surface area (Å²) in [6.07, 6.45) is 3.33. The normalized spacial score (nSPS) is 12.4. The Morgan fingerprint density at radius 2 is 1.94 bits per heavy atom. The van der Waals surface area contributed by atoms with Crippen molar-refractivity contribution in [1.29, 1.82) is 0 Å². The largest absolute Gasteiger partial charge is 0.731 e. The minimum absolute atomic E-state index is 0.118. The Bertz CT molecular complexity index is 173. The lowest BCUT2D eigenvalue weighted by atomic mass is 10.4. The maximum absolute atomic E-state index is 10.7. The molecule has 0 amide bonds. The zero-order valence-corrected chi connectivity index (χ0v) is 11.1. The van der Waals surface area contributed by atoms with E-state index in [0.29, 0.717) is 6.42 Å². The van der Waals surface area contributed by atoms with Gasteiger partial charge in [0, 0.05) is 11.0 Å². The van der Waals surface area contributed by atoms with Gasteiger partial charge in [-0.15, -0.1) is 6.58 Å². The molecule has 0 saturated carbocycles. The molecular weight excluding hydrogens is 231 g/mol. The molecule has 0 aliphatic rings. The van der Waals surface area contributed by atoms with Crippen LogP contribution in [-0.4, -0.2) is 18.0 Å². The van der Waals surface area contributed by atoms with Crippen molar-refractivity contribution in [2.75, 3.05) is 6.61 Å². The lowest BCUT2D eigenvalue weighted by Gasteiger charge is -1.95. The number of hydrogen-bond donors (Lipinski definition) is 1. The van der Waals surface area contributed by atoms with E-state index in [2.05, 4.69) is 34.5 Å².